The van der Waals surface area contributed by atoms with Gasteiger partial charge in [0.05, 0.1) is 23.7 Å². The Morgan fingerprint density at radius 3 is 1.93 bits per heavy atom. The molecule has 9 nitrogen and oxygen atoms in total. The summed E-state index contributed by atoms with van der Waals surface area (Å²) in [7, 11) is -3.98. The summed E-state index contributed by atoms with van der Waals surface area (Å²) < 4.78 is 43.4. The van der Waals surface area contributed by atoms with Gasteiger partial charge in [-0.3, -0.25) is 4.79 Å². The van der Waals surface area contributed by atoms with Crippen LogP contribution in [0.15, 0.2) is 132 Å². The number of benzene rings is 5. The molecule has 10 heteroatoms. The number of hydrogen-bond acceptors (Lipinski definition) is 7. The molecule has 1 saturated heterocycles. The Balaban J connectivity index is 1.16. The van der Waals surface area contributed by atoms with Gasteiger partial charge in [0.25, 0.3) is 0 Å². The third-order valence-electron chi connectivity index (χ3n) is 12.9. The van der Waals surface area contributed by atoms with Crippen LogP contribution < -0.4 is 10.0 Å². The van der Waals surface area contributed by atoms with Gasteiger partial charge in [-0.25, -0.2) is 8.42 Å². The van der Waals surface area contributed by atoms with Crippen LogP contribution in [-0.2, 0) is 43.9 Å². The van der Waals surface area contributed by atoms with Crippen molar-refractivity contribution in [2.45, 2.75) is 153 Å². The number of amides is 1. The molecule has 0 aromatic heterocycles. The fourth-order valence-corrected chi connectivity index (χ4v) is 10.1. The molecule has 1 fully saturated rings. The molecule has 360 valence electrons. The molecule has 1 amide bonds. The molecule has 5 aromatic carbocycles. The third kappa shape index (κ3) is 16.5. The molecule has 4 atom stereocenters. The van der Waals surface area contributed by atoms with Crippen LogP contribution >= 0.6 is 0 Å². The van der Waals surface area contributed by atoms with Crippen LogP contribution in [0.2, 0.25) is 0 Å². The summed E-state index contributed by atoms with van der Waals surface area (Å²) in [6, 6.07) is 39.3. The Hall–Kier alpha value is -4.68. The Morgan fingerprint density at radius 1 is 0.687 bits per heavy atom. The quantitative estimate of drug-likeness (QED) is 0.0428. The number of sulfonamides is 1. The predicted octanol–water partition coefficient (Wildman–Crippen LogP) is 11.9. The topological polar surface area (TPSA) is 117 Å². The van der Waals surface area contributed by atoms with Crippen molar-refractivity contribution < 1.29 is 27.8 Å². The Kier molecular flexibility index (Phi) is 21.1. The van der Waals surface area contributed by atoms with Crippen molar-refractivity contribution in [1.29, 1.82) is 0 Å². The first-order chi connectivity index (χ1) is 32.6. The smallest absolute Gasteiger partial charge is 0.241 e. The van der Waals surface area contributed by atoms with Crippen LogP contribution in [-0.4, -0.2) is 56.1 Å². The van der Waals surface area contributed by atoms with Crippen molar-refractivity contribution in [3.05, 3.63) is 161 Å². The van der Waals surface area contributed by atoms with Crippen molar-refractivity contribution in [3.63, 3.8) is 0 Å². The number of rotatable bonds is 28. The minimum Gasteiger partial charge on any atom is -0.392 e. The van der Waals surface area contributed by atoms with E-state index in [4.69, 9.17) is 9.47 Å². The molecule has 0 aliphatic carbocycles. The van der Waals surface area contributed by atoms with Crippen molar-refractivity contribution in [1.82, 2.24) is 14.9 Å². The second-order valence-electron chi connectivity index (χ2n) is 18.4. The molecule has 3 N–H and O–H groups in total. The van der Waals surface area contributed by atoms with E-state index in [1.54, 1.807) is 24.3 Å². The number of unbranched alkanes of at least 4 members (excludes halogenated alkanes) is 10. The van der Waals surface area contributed by atoms with Crippen LogP contribution in [0.3, 0.4) is 0 Å². The lowest BCUT2D eigenvalue weighted by Crippen LogP contribution is -2.47. The lowest BCUT2D eigenvalue weighted by molar-refractivity contribution is -0.253. The highest BCUT2D eigenvalue weighted by Gasteiger charge is 2.33. The molecule has 1 heterocycles. The number of aryl methyl sites for hydroxylation is 1. The van der Waals surface area contributed by atoms with E-state index in [2.05, 4.69) is 65.2 Å². The molecule has 67 heavy (non-hydrogen) atoms. The second kappa shape index (κ2) is 27.3. The molecule has 0 spiro atoms. The van der Waals surface area contributed by atoms with E-state index < -0.39 is 28.3 Å². The van der Waals surface area contributed by atoms with Crippen LogP contribution in [0.1, 0.15) is 143 Å². The van der Waals surface area contributed by atoms with Crippen molar-refractivity contribution in [2.24, 2.45) is 0 Å². The SMILES string of the molecule is CCCCCCCCN(CCCCCCCC)C[C@H]1C[C@@H](c2ccc(CO)cc2)O[C@@H](c2ccc(-c3ccccc3CNC(=O)[C@@H](Cc3ccccc3)NS(=O)(=O)c3ccc(C)cc3)cc2)O1. The van der Waals surface area contributed by atoms with E-state index >= 15 is 0 Å². The fraction of sp³-hybridized carbons (Fsp3) is 0.456. The maximum Gasteiger partial charge on any atom is 0.241 e. The Labute approximate surface area is 401 Å². The standard InChI is InChI=1S/C57H75N3O6S/c1-4-6-8-10-12-19-37-60(38-20-13-11-9-7-5-2)42-51-40-55(48-29-27-46(43-61)28-30-48)66-57(65-51)49-33-31-47(32-34-49)53-24-18-17-23-50(53)41-58-56(62)54(39-45-21-15-14-16-22-45)59-67(63,64)52-35-25-44(3)26-36-52/h14-18,21-36,51,54-55,57,59,61H,4-13,19-20,37-43H2,1-3H3,(H,58,62)/t51-,54-,55+,57+/m1/s1. The van der Waals surface area contributed by atoms with Gasteiger partial charge in [-0.15, -0.1) is 0 Å². The van der Waals surface area contributed by atoms with Gasteiger partial charge in [0.15, 0.2) is 6.29 Å². The molecular formula is C57H75N3O6S. The van der Waals surface area contributed by atoms with Crippen molar-refractivity contribution in [2.75, 3.05) is 19.6 Å². The number of aliphatic hydroxyl groups is 1. The molecule has 0 saturated carbocycles. The van der Waals surface area contributed by atoms with Crippen LogP contribution in [0.25, 0.3) is 11.1 Å². The average molecular weight is 930 g/mol. The lowest BCUT2D eigenvalue weighted by atomic mass is 9.97. The molecule has 5 aromatic rings. The summed E-state index contributed by atoms with van der Waals surface area (Å²) in [5.74, 6) is -0.413. The van der Waals surface area contributed by atoms with Gasteiger partial charge in [-0.05, 0) is 84.8 Å². The first kappa shape index (κ1) is 51.7. The number of nitrogens with one attached hydrogen (secondary N) is 2. The normalized spacial score (nSPS) is 16.8. The zero-order valence-corrected chi connectivity index (χ0v) is 41.0. The van der Waals surface area contributed by atoms with Crippen molar-refractivity contribution >= 4 is 15.9 Å². The van der Waals surface area contributed by atoms with Gasteiger partial charge < -0.3 is 24.8 Å². The van der Waals surface area contributed by atoms with Gasteiger partial charge in [0, 0.05) is 25.1 Å². The minimum absolute atomic E-state index is 0.00128. The number of nitrogens with zero attached hydrogens (tertiary/aromatic N) is 1. The molecule has 6 rings (SSSR count). The van der Waals surface area contributed by atoms with E-state index in [1.807, 2.05) is 73.7 Å². The predicted molar refractivity (Wildman–Crippen MR) is 271 cm³/mol. The first-order valence-electron chi connectivity index (χ1n) is 25.0. The maximum atomic E-state index is 13.9. The number of carbonyl (C=O) groups is 1. The Morgan fingerprint density at radius 2 is 1.28 bits per heavy atom. The number of hydrogen-bond donors (Lipinski definition) is 3. The maximum absolute atomic E-state index is 13.9. The van der Waals surface area contributed by atoms with Gasteiger partial charge in [-0.2, -0.15) is 4.72 Å². The summed E-state index contributed by atoms with van der Waals surface area (Å²) in [5, 5.41) is 12.8. The second-order valence-corrected chi connectivity index (χ2v) is 20.1. The van der Waals surface area contributed by atoms with E-state index in [-0.39, 0.29) is 36.7 Å². The summed E-state index contributed by atoms with van der Waals surface area (Å²) >= 11 is 0. The largest absolute Gasteiger partial charge is 0.392 e. The van der Waals surface area contributed by atoms with E-state index in [9.17, 15) is 18.3 Å². The fourth-order valence-electron chi connectivity index (χ4n) is 8.94. The minimum atomic E-state index is -3.98. The number of carbonyl (C=O) groups excluding carboxylic acids is 1. The molecule has 0 bridgehead atoms. The summed E-state index contributed by atoms with van der Waals surface area (Å²) in [5.41, 5.74) is 7.50. The highest BCUT2D eigenvalue weighted by molar-refractivity contribution is 7.89. The number of aliphatic hydroxyl groups excluding tert-OH is 1. The number of ether oxygens (including phenoxy) is 2. The van der Waals surface area contributed by atoms with E-state index in [0.29, 0.717) is 0 Å². The van der Waals surface area contributed by atoms with Gasteiger partial charge >= 0.3 is 0 Å². The van der Waals surface area contributed by atoms with E-state index in [1.165, 1.54) is 77.0 Å². The third-order valence-corrected chi connectivity index (χ3v) is 14.4. The highest BCUT2D eigenvalue weighted by atomic mass is 32.2. The Bertz CT molecular complexity index is 2290. The lowest BCUT2D eigenvalue weighted by Gasteiger charge is -2.38. The van der Waals surface area contributed by atoms with E-state index in [0.717, 1.165) is 70.6 Å². The van der Waals surface area contributed by atoms with Gasteiger partial charge in [-0.1, -0.05) is 199 Å². The van der Waals surface area contributed by atoms with Crippen LogP contribution in [0.5, 0.6) is 0 Å². The van der Waals surface area contributed by atoms with Gasteiger partial charge in [0.1, 0.15) is 6.04 Å². The molecular weight excluding hydrogens is 855 g/mol. The summed E-state index contributed by atoms with van der Waals surface area (Å²) in [4.78, 5) is 16.7. The van der Waals surface area contributed by atoms with Crippen LogP contribution in [0, 0.1) is 6.92 Å². The molecule has 0 unspecified atom stereocenters. The zero-order chi connectivity index (χ0) is 47.3. The molecule has 1 aliphatic heterocycles. The first-order valence-corrected chi connectivity index (χ1v) is 26.5. The zero-order valence-electron chi connectivity index (χ0n) is 40.2. The summed E-state index contributed by atoms with van der Waals surface area (Å²) in [6.07, 6.45) is 15.4. The average Bonchev–Trinajstić information content (AvgIpc) is 3.35. The highest BCUT2D eigenvalue weighted by Crippen LogP contribution is 2.39. The van der Waals surface area contributed by atoms with Crippen LogP contribution in [0.4, 0.5) is 0 Å². The summed E-state index contributed by atoms with van der Waals surface area (Å²) in [6.45, 7) is 9.65. The van der Waals surface area contributed by atoms with Crippen molar-refractivity contribution in [3.8, 4) is 11.1 Å². The monoisotopic (exact) mass is 930 g/mol. The molecule has 1 aliphatic rings. The molecule has 0 radical (unpaired) electrons. The van der Waals surface area contributed by atoms with Gasteiger partial charge in [0.2, 0.25) is 15.9 Å².